The minimum atomic E-state index is -0.538. The van der Waals surface area contributed by atoms with Gasteiger partial charge in [-0.3, -0.25) is 15.0 Å². The monoisotopic (exact) mass is 282 g/mol. The van der Waals surface area contributed by atoms with Crippen LogP contribution in [-0.2, 0) is 11.2 Å². The number of phenols is 2. The van der Waals surface area contributed by atoms with Crippen molar-refractivity contribution in [3.8, 4) is 11.5 Å². The summed E-state index contributed by atoms with van der Waals surface area (Å²) in [5.41, 5.74) is 0.292. The van der Waals surface area contributed by atoms with Gasteiger partial charge in [0.1, 0.15) is 0 Å². The van der Waals surface area contributed by atoms with Gasteiger partial charge < -0.3 is 14.9 Å². The molecule has 1 aliphatic rings. The van der Waals surface area contributed by atoms with Crippen molar-refractivity contribution in [2.75, 3.05) is 32.8 Å². The average Bonchev–Trinajstić information content (AvgIpc) is 2.43. The van der Waals surface area contributed by atoms with Crippen LogP contribution in [0.3, 0.4) is 0 Å². The first-order chi connectivity index (χ1) is 9.58. The van der Waals surface area contributed by atoms with E-state index in [1.807, 2.05) is 0 Å². The zero-order valence-corrected chi connectivity index (χ0v) is 11.1. The molecule has 1 aromatic rings. The quantitative estimate of drug-likeness (QED) is 0.479. The van der Waals surface area contributed by atoms with E-state index >= 15 is 0 Å². The summed E-state index contributed by atoms with van der Waals surface area (Å²) in [5, 5.41) is 29.7. The van der Waals surface area contributed by atoms with Gasteiger partial charge in [-0.05, 0) is 25.5 Å². The van der Waals surface area contributed by atoms with E-state index in [2.05, 4.69) is 4.90 Å². The van der Waals surface area contributed by atoms with Gasteiger partial charge >= 0.3 is 0 Å². The Morgan fingerprint density at radius 2 is 1.90 bits per heavy atom. The Kier molecular flexibility index (Phi) is 4.75. The van der Waals surface area contributed by atoms with Gasteiger partial charge in [0.05, 0.1) is 24.2 Å². The highest BCUT2D eigenvalue weighted by atomic mass is 16.6. The van der Waals surface area contributed by atoms with E-state index in [1.165, 1.54) is 6.07 Å². The zero-order chi connectivity index (χ0) is 14.5. The Balaban J connectivity index is 1.97. The van der Waals surface area contributed by atoms with Crippen molar-refractivity contribution in [3.63, 3.8) is 0 Å². The molecule has 0 atom stereocenters. The highest BCUT2D eigenvalue weighted by Crippen LogP contribution is 2.33. The third-order valence-electron chi connectivity index (χ3n) is 3.40. The number of nitrogens with zero attached hydrogens (tertiary/aromatic N) is 2. The van der Waals surface area contributed by atoms with Crippen LogP contribution in [-0.4, -0.2) is 52.9 Å². The Labute approximate surface area is 116 Å². The number of aromatic hydroxyl groups is 2. The van der Waals surface area contributed by atoms with Crippen molar-refractivity contribution >= 4 is 5.69 Å². The predicted octanol–water partition coefficient (Wildman–Crippen LogP) is 1.27. The fourth-order valence-corrected chi connectivity index (χ4v) is 2.30. The molecule has 2 rings (SSSR count). The van der Waals surface area contributed by atoms with Crippen LogP contribution in [0.1, 0.15) is 12.0 Å². The Bertz CT molecular complexity index is 486. The van der Waals surface area contributed by atoms with Crippen LogP contribution >= 0.6 is 0 Å². The molecule has 0 saturated carbocycles. The number of hydrogen-bond donors (Lipinski definition) is 2. The molecule has 0 amide bonds. The number of nitro groups is 1. The second-order valence-corrected chi connectivity index (χ2v) is 4.78. The number of nitro benzene ring substituents is 1. The highest BCUT2D eigenvalue weighted by Gasteiger charge is 2.18. The van der Waals surface area contributed by atoms with Crippen molar-refractivity contribution < 1.29 is 19.9 Å². The number of hydrogen-bond acceptors (Lipinski definition) is 6. The maximum Gasteiger partial charge on any atom is 0.276 e. The van der Waals surface area contributed by atoms with E-state index < -0.39 is 10.7 Å². The molecule has 1 aromatic carbocycles. The number of rotatable bonds is 5. The summed E-state index contributed by atoms with van der Waals surface area (Å²) < 4.78 is 5.25. The number of ether oxygens (including phenoxy) is 1. The topological polar surface area (TPSA) is 96.1 Å². The number of aryl methyl sites for hydroxylation is 1. The molecule has 1 saturated heterocycles. The molecule has 0 spiro atoms. The molecule has 1 fully saturated rings. The molecule has 0 radical (unpaired) electrons. The molecule has 0 unspecified atom stereocenters. The standard InChI is InChI=1S/C13H18N2O5/c16-12-8-10(11(15(18)19)9-13(12)17)2-1-3-14-4-6-20-7-5-14/h8-9,16-17H,1-7H2. The molecule has 1 aliphatic heterocycles. The minimum absolute atomic E-state index is 0.151. The highest BCUT2D eigenvalue weighted by molar-refractivity contribution is 5.52. The summed E-state index contributed by atoms with van der Waals surface area (Å²) in [5.74, 6) is -0.786. The van der Waals surface area contributed by atoms with Gasteiger partial charge in [-0.2, -0.15) is 0 Å². The van der Waals surface area contributed by atoms with Gasteiger partial charge in [0.15, 0.2) is 11.5 Å². The third kappa shape index (κ3) is 3.58. The van der Waals surface area contributed by atoms with Crippen LogP contribution in [0.25, 0.3) is 0 Å². The molecule has 7 heteroatoms. The van der Waals surface area contributed by atoms with E-state index in [-0.39, 0.29) is 11.4 Å². The number of benzene rings is 1. The summed E-state index contributed by atoms with van der Waals surface area (Å²) >= 11 is 0. The first kappa shape index (κ1) is 14.5. The fourth-order valence-electron chi connectivity index (χ4n) is 2.30. The van der Waals surface area contributed by atoms with Crippen LogP contribution in [0.2, 0.25) is 0 Å². The van der Waals surface area contributed by atoms with Gasteiger partial charge in [0.25, 0.3) is 5.69 Å². The van der Waals surface area contributed by atoms with Gasteiger partial charge in [0.2, 0.25) is 0 Å². The first-order valence-electron chi connectivity index (χ1n) is 6.57. The van der Waals surface area contributed by atoms with Crippen molar-refractivity contribution in [1.29, 1.82) is 0 Å². The van der Waals surface area contributed by atoms with E-state index in [0.29, 0.717) is 12.0 Å². The molecular weight excluding hydrogens is 264 g/mol. The normalized spacial score (nSPS) is 16.2. The maximum absolute atomic E-state index is 10.9. The van der Waals surface area contributed by atoms with Crippen molar-refractivity contribution in [2.24, 2.45) is 0 Å². The molecule has 2 N–H and O–H groups in total. The van der Waals surface area contributed by atoms with Crippen molar-refractivity contribution in [3.05, 3.63) is 27.8 Å². The van der Waals surface area contributed by atoms with Crippen LogP contribution in [0.5, 0.6) is 11.5 Å². The summed E-state index contributed by atoms with van der Waals surface area (Å²) in [6, 6.07) is 2.27. The minimum Gasteiger partial charge on any atom is -0.504 e. The number of morpholine rings is 1. The summed E-state index contributed by atoms with van der Waals surface area (Å²) in [4.78, 5) is 12.6. The lowest BCUT2D eigenvalue weighted by Gasteiger charge is -2.26. The summed E-state index contributed by atoms with van der Waals surface area (Å²) in [6.45, 7) is 4.04. The Morgan fingerprint density at radius 1 is 1.25 bits per heavy atom. The smallest absolute Gasteiger partial charge is 0.276 e. The molecule has 0 bridgehead atoms. The van der Waals surface area contributed by atoms with Crippen LogP contribution in [0, 0.1) is 10.1 Å². The Hall–Kier alpha value is -1.86. The van der Waals surface area contributed by atoms with Gasteiger partial charge in [-0.1, -0.05) is 0 Å². The second kappa shape index (κ2) is 6.53. The van der Waals surface area contributed by atoms with Crippen LogP contribution < -0.4 is 0 Å². The molecule has 0 aromatic heterocycles. The molecule has 7 nitrogen and oxygen atoms in total. The maximum atomic E-state index is 10.9. The zero-order valence-electron chi connectivity index (χ0n) is 11.1. The van der Waals surface area contributed by atoms with Gasteiger partial charge in [0, 0.05) is 18.7 Å². The van der Waals surface area contributed by atoms with E-state index in [9.17, 15) is 20.3 Å². The number of phenolic OH excluding ortho intramolecular Hbond substituents is 2. The van der Waals surface area contributed by atoms with Crippen LogP contribution in [0.15, 0.2) is 12.1 Å². The van der Waals surface area contributed by atoms with E-state index in [0.717, 1.165) is 45.3 Å². The average molecular weight is 282 g/mol. The molecule has 110 valence electrons. The fraction of sp³-hybridized carbons (Fsp3) is 0.538. The Morgan fingerprint density at radius 3 is 2.55 bits per heavy atom. The largest absolute Gasteiger partial charge is 0.504 e. The lowest BCUT2D eigenvalue weighted by Crippen LogP contribution is -2.36. The molecular formula is C13H18N2O5. The van der Waals surface area contributed by atoms with E-state index in [4.69, 9.17) is 4.74 Å². The lowest BCUT2D eigenvalue weighted by atomic mass is 10.1. The van der Waals surface area contributed by atoms with Gasteiger partial charge in [-0.25, -0.2) is 0 Å². The summed E-state index contributed by atoms with van der Waals surface area (Å²) in [7, 11) is 0. The molecule has 0 aliphatic carbocycles. The predicted molar refractivity (Wildman–Crippen MR) is 72.0 cm³/mol. The van der Waals surface area contributed by atoms with Crippen molar-refractivity contribution in [2.45, 2.75) is 12.8 Å². The lowest BCUT2D eigenvalue weighted by molar-refractivity contribution is -0.385. The second-order valence-electron chi connectivity index (χ2n) is 4.78. The summed E-state index contributed by atoms with van der Waals surface area (Å²) in [6.07, 6.45) is 1.24. The molecule has 1 heterocycles. The van der Waals surface area contributed by atoms with Crippen LogP contribution in [0.4, 0.5) is 5.69 Å². The first-order valence-corrected chi connectivity index (χ1v) is 6.57. The van der Waals surface area contributed by atoms with Gasteiger partial charge in [-0.15, -0.1) is 0 Å². The third-order valence-corrected chi connectivity index (χ3v) is 3.40. The SMILES string of the molecule is O=[N+]([O-])c1cc(O)c(O)cc1CCCN1CCOCC1. The molecule has 20 heavy (non-hydrogen) atoms. The van der Waals surface area contributed by atoms with Crippen molar-refractivity contribution in [1.82, 2.24) is 4.90 Å². The van der Waals surface area contributed by atoms with E-state index in [1.54, 1.807) is 0 Å².